The maximum Gasteiger partial charge on any atom is 0.326 e. The van der Waals surface area contributed by atoms with Gasteiger partial charge in [-0.3, -0.25) is 14.3 Å². The summed E-state index contributed by atoms with van der Waals surface area (Å²) in [5.74, 6) is -2.14. The van der Waals surface area contributed by atoms with Gasteiger partial charge in [0.05, 0.1) is 21.6 Å². The zero-order valence-electron chi connectivity index (χ0n) is 20.8. The Kier molecular flexibility index (Phi) is 9.60. The molecule has 2 rings (SSSR count). The minimum absolute atomic E-state index is 0.0120. The van der Waals surface area contributed by atoms with Crippen LogP contribution in [0, 0.1) is 12.3 Å². The molecule has 1 amide bonds. The van der Waals surface area contributed by atoms with Gasteiger partial charge in [0.2, 0.25) is 0 Å². The molecule has 0 saturated carbocycles. The third-order valence-electron chi connectivity index (χ3n) is 5.24. The van der Waals surface area contributed by atoms with Crippen LogP contribution >= 0.6 is 0 Å². The van der Waals surface area contributed by atoms with Crippen LogP contribution in [0.3, 0.4) is 0 Å². The number of carboxylic acids is 1. The number of aryl methyl sites for hydroxylation is 1. The molecule has 0 saturated heterocycles. The van der Waals surface area contributed by atoms with Crippen molar-refractivity contribution >= 4 is 33.6 Å². The van der Waals surface area contributed by atoms with E-state index in [-0.39, 0.29) is 28.3 Å². The van der Waals surface area contributed by atoms with Crippen molar-refractivity contribution in [1.29, 1.82) is 0 Å². The number of hydrogen-bond acceptors (Lipinski definition) is 7. The molecule has 0 aliphatic heterocycles. The molecule has 196 valence electrons. The fourth-order valence-corrected chi connectivity index (χ4v) is 4.28. The number of hydrogen-bond donors (Lipinski definition) is 4. The Morgan fingerprint density at radius 3 is 2.33 bits per heavy atom. The van der Waals surface area contributed by atoms with Gasteiger partial charge in [0, 0.05) is 0 Å². The van der Waals surface area contributed by atoms with Gasteiger partial charge in [0.1, 0.15) is 11.8 Å². The standard InChI is InChI=1S/C25H33N3O7S/c1-16-15-17(12-13-21(16)35-24(32)25(2,3)4)36(33,34)28-19-10-6-5-9-18(19)22(29)27-20(23(30)31)11-7-8-14-26/h5-6,9-10,12-13,15,20,28H,7-8,11,14,26H2,1-4H3,(H,27,29)(H,30,31)/t20-/m0/s1. The highest BCUT2D eigenvalue weighted by Crippen LogP contribution is 2.27. The summed E-state index contributed by atoms with van der Waals surface area (Å²) in [7, 11) is -4.13. The average molecular weight is 520 g/mol. The van der Waals surface area contributed by atoms with E-state index in [4.69, 9.17) is 10.5 Å². The van der Waals surface area contributed by atoms with Crippen molar-refractivity contribution < 1.29 is 32.6 Å². The Bertz CT molecular complexity index is 1220. The second-order valence-corrected chi connectivity index (χ2v) is 11.0. The van der Waals surface area contributed by atoms with Crippen LogP contribution in [0.4, 0.5) is 5.69 Å². The van der Waals surface area contributed by atoms with Gasteiger partial charge in [-0.2, -0.15) is 0 Å². The highest BCUT2D eigenvalue weighted by molar-refractivity contribution is 7.92. The summed E-state index contributed by atoms with van der Waals surface area (Å²) < 4.78 is 33.9. The lowest BCUT2D eigenvalue weighted by Gasteiger charge is -2.18. The molecule has 5 N–H and O–H groups in total. The number of aliphatic carboxylic acids is 1. The molecule has 0 fully saturated rings. The average Bonchev–Trinajstić information content (AvgIpc) is 2.79. The van der Waals surface area contributed by atoms with Crippen LogP contribution in [0.25, 0.3) is 0 Å². The molecule has 36 heavy (non-hydrogen) atoms. The second-order valence-electron chi connectivity index (χ2n) is 9.37. The largest absolute Gasteiger partial charge is 0.480 e. The number of rotatable bonds is 11. The molecule has 0 aromatic heterocycles. The van der Waals surface area contributed by atoms with Gasteiger partial charge in [-0.25, -0.2) is 13.2 Å². The van der Waals surface area contributed by atoms with Gasteiger partial charge in [0.25, 0.3) is 15.9 Å². The summed E-state index contributed by atoms with van der Waals surface area (Å²) in [6.45, 7) is 7.15. The zero-order chi connectivity index (χ0) is 27.1. The molecule has 1 atom stereocenters. The number of amides is 1. The maximum absolute atomic E-state index is 13.1. The fourth-order valence-electron chi connectivity index (χ4n) is 3.12. The van der Waals surface area contributed by atoms with Crippen LogP contribution < -0.4 is 20.5 Å². The van der Waals surface area contributed by atoms with Crippen LogP contribution in [-0.4, -0.2) is 44.0 Å². The molecular formula is C25H33N3O7S. The van der Waals surface area contributed by atoms with Crippen molar-refractivity contribution in [2.45, 2.75) is 57.9 Å². The summed E-state index contributed by atoms with van der Waals surface area (Å²) in [6, 6.07) is 8.79. The lowest BCUT2D eigenvalue weighted by atomic mass is 9.97. The number of nitrogens with one attached hydrogen (secondary N) is 2. The monoisotopic (exact) mass is 519 g/mol. The van der Waals surface area contributed by atoms with Crippen LogP contribution in [0.1, 0.15) is 56.0 Å². The van der Waals surface area contributed by atoms with Gasteiger partial charge < -0.3 is 20.9 Å². The SMILES string of the molecule is Cc1cc(S(=O)(=O)Nc2ccccc2C(=O)N[C@@H](CCCCN)C(=O)O)ccc1OC(=O)C(C)(C)C. The lowest BCUT2D eigenvalue weighted by Crippen LogP contribution is -2.41. The Labute approximate surface area is 211 Å². The number of anilines is 1. The number of esters is 1. The van der Waals surface area contributed by atoms with E-state index in [0.717, 1.165) is 0 Å². The number of unbranched alkanes of at least 4 members (excludes halogenated alkanes) is 1. The van der Waals surface area contributed by atoms with Crippen molar-refractivity contribution in [3.8, 4) is 5.75 Å². The van der Waals surface area contributed by atoms with Crippen molar-refractivity contribution in [3.05, 3.63) is 53.6 Å². The first-order valence-electron chi connectivity index (χ1n) is 11.4. The zero-order valence-corrected chi connectivity index (χ0v) is 21.6. The molecule has 2 aromatic carbocycles. The number of carbonyl (C=O) groups excluding carboxylic acids is 2. The molecule has 0 bridgehead atoms. The predicted octanol–water partition coefficient (Wildman–Crippen LogP) is 3.06. The summed E-state index contributed by atoms with van der Waals surface area (Å²) in [4.78, 5) is 36.5. The molecule has 0 unspecified atom stereocenters. The maximum atomic E-state index is 13.1. The van der Waals surface area contributed by atoms with Crippen LogP contribution in [-0.2, 0) is 19.6 Å². The topological polar surface area (TPSA) is 165 Å². The van der Waals surface area contributed by atoms with Crippen LogP contribution in [0.5, 0.6) is 5.75 Å². The third kappa shape index (κ3) is 7.79. The first kappa shape index (κ1) is 28.8. The number of carboxylic acid groups (broad SMARTS) is 1. The van der Waals surface area contributed by atoms with Gasteiger partial charge in [-0.1, -0.05) is 12.1 Å². The molecule has 0 spiro atoms. The van der Waals surface area contributed by atoms with E-state index >= 15 is 0 Å². The molecule has 0 aliphatic carbocycles. The Balaban J connectivity index is 2.25. The first-order chi connectivity index (χ1) is 16.8. The number of para-hydroxylation sites is 1. The van der Waals surface area contributed by atoms with Gasteiger partial charge >= 0.3 is 11.9 Å². The number of ether oxygens (including phenoxy) is 1. The second kappa shape index (κ2) is 12.0. The Hall–Kier alpha value is -3.44. The third-order valence-corrected chi connectivity index (χ3v) is 6.60. The summed E-state index contributed by atoms with van der Waals surface area (Å²) in [6.07, 6.45) is 1.32. The predicted molar refractivity (Wildman–Crippen MR) is 135 cm³/mol. The molecule has 0 aliphatic rings. The van der Waals surface area contributed by atoms with Crippen molar-refractivity contribution in [2.75, 3.05) is 11.3 Å². The van der Waals surface area contributed by atoms with Gasteiger partial charge in [-0.05, 0) is 89.4 Å². The highest BCUT2D eigenvalue weighted by Gasteiger charge is 2.26. The van der Waals surface area contributed by atoms with Crippen molar-refractivity contribution in [1.82, 2.24) is 5.32 Å². The number of nitrogens with two attached hydrogens (primary N) is 1. The quantitative estimate of drug-likeness (QED) is 0.200. The first-order valence-corrected chi connectivity index (χ1v) is 12.9. The number of carbonyl (C=O) groups is 3. The van der Waals surface area contributed by atoms with E-state index in [1.807, 2.05) is 0 Å². The summed E-state index contributed by atoms with van der Waals surface area (Å²) in [5.41, 5.74) is 5.11. The van der Waals surface area contributed by atoms with Gasteiger partial charge in [0.15, 0.2) is 0 Å². The lowest BCUT2D eigenvalue weighted by molar-refractivity contribution is -0.143. The molecule has 0 heterocycles. The van der Waals surface area contributed by atoms with Crippen LogP contribution in [0.15, 0.2) is 47.4 Å². The smallest absolute Gasteiger partial charge is 0.326 e. The number of sulfonamides is 1. The van der Waals surface area contributed by atoms with E-state index < -0.39 is 39.3 Å². The molecule has 2 aromatic rings. The number of benzene rings is 2. The minimum Gasteiger partial charge on any atom is -0.480 e. The highest BCUT2D eigenvalue weighted by atomic mass is 32.2. The molecule has 11 heteroatoms. The molecule has 0 radical (unpaired) electrons. The Morgan fingerprint density at radius 1 is 1.08 bits per heavy atom. The van der Waals surface area contributed by atoms with Crippen LogP contribution in [0.2, 0.25) is 0 Å². The Morgan fingerprint density at radius 2 is 1.75 bits per heavy atom. The molecule has 10 nitrogen and oxygen atoms in total. The van der Waals surface area contributed by atoms with Crippen molar-refractivity contribution in [3.63, 3.8) is 0 Å². The van der Waals surface area contributed by atoms with Crippen molar-refractivity contribution in [2.24, 2.45) is 11.1 Å². The summed E-state index contributed by atoms with van der Waals surface area (Å²) in [5, 5.41) is 11.9. The fraction of sp³-hybridized carbons (Fsp3) is 0.400. The van der Waals surface area contributed by atoms with E-state index in [1.54, 1.807) is 39.8 Å². The minimum atomic E-state index is -4.13. The van der Waals surface area contributed by atoms with Gasteiger partial charge in [-0.15, -0.1) is 0 Å². The molecular weight excluding hydrogens is 486 g/mol. The van der Waals surface area contributed by atoms with E-state index in [2.05, 4.69) is 10.0 Å². The van der Waals surface area contributed by atoms with E-state index in [9.17, 15) is 27.9 Å². The van der Waals surface area contributed by atoms with E-state index in [1.165, 1.54) is 30.3 Å². The summed E-state index contributed by atoms with van der Waals surface area (Å²) >= 11 is 0. The van der Waals surface area contributed by atoms with E-state index in [0.29, 0.717) is 24.9 Å². The normalized spacial score (nSPS) is 12.5.